The van der Waals surface area contributed by atoms with Crippen molar-refractivity contribution in [1.29, 1.82) is 0 Å². The number of rotatable bonds is 7. The fourth-order valence-corrected chi connectivity index (χ4v) is 2.99. The van der Waals surface area contributed by atoms with Crippen molar-refractivity contribution in [3.8, 4) is 0 Å². The molecule has 1 fully saturated rings. The summed E-state index contributed by atoms with van der Waals surface area (Å²) in [6.07, 6.45) is 4.56. The molecule has 0 saturated carbocycles. The van der Waals surface area contributed by atoms with E-state index < -0.39 is 0 Å². The fraction of sp³-hybridized carbons (Fsp3) is 0.765. The molecule has 0 radical (unpaired) electrons. The maximum Gasteiger partial charge on any atom is 0.225 e. The molecule has 5 nitrogen and oxygen atoms in total. The van der Waals surface area contributed by atoms with Gasteiger partial charge in [-0.25, -0.2) is 9.97 Å². The zero-order valence-corrected chi connectivity index (χ0v) is 14.2. The maximum absolute atomic E-state index is 9.17. The van der Waals surface area contributed by atoms with Gasteiger partial charge >= 0.3 is 0 Å². The van der Waals surface area contributed by atoms with Crippen LogP contribution in [0.5, 0.6) is 0 Å². The molecular formula is C17H30N4O. The van der Waals surface area contributed by atoms with Gasteiger partial charge in [-0.1, -0.05) is 13.8 Å². The predicted octanol–water partition coefficient (Wildman–Crippen LogP) is 2.27. The van der Waals surface area contributed by atoms with Crippen LogP contribution in [0.3, 0.4) is 0 Å². The number of hydrogen-bond donors (Lipinski definition) is 2. The largest absolute Gasteiger partial charge is 0.396 e. The van der Waals surface area contributed by atoms with Gasteiger partial charge in [0.05, 0.1) is 5.69 Å². The van der Waals surface area contributed by atoms with E-state index in [0.717, 1.165) is 43.4 Å². The van der Waals surface area contributed by atoms with Crippen LogP contribution >= 0.6 is 0 Å². The first kappa shape index (κ1) is 17.2. The molecule has 2 N–H and O–H groups in total. The van der Waals surface area contributed by atoms with Gasteiger partial charge in [0, 0.05) is 38.0 Å². The van der Waals surface area contributed by atoms with Crippen molar-refractivity contribution in [2.24, 2.45) is 5.92 Å². The van der Waals surface area contributed by atoms with E-state index in [1.165, 1.54) is 19.3 Å². The van der Waals surface area contributed by atoms with Crippen molar-refractivity contribution in [3.05, 3.63) is 17.5 Å². The number of aromatic nitrogens is 2. The quantitative estimate of drug-likeness (QED) is 0.809. The summed E-state index contributed by atoms with van der Waals surface area (Å²) < 4.78 is 0. The lowest BCUT2D eigenvalue weighted by Gasteiger charge is -2.27. The zero-order valence-electron chi connectivity index (χ0n) is 14.2. The second-order valence-corrected chi connectivity index (χ2v) is 6.59. The lowest BCUT2D eigenvalue weighted by atomic mass is 10.0. The summed E-state index contributed by atoms with van der Waals surface area (Å²) >= 11 is 0. The highest BCUT2D eigenvalue weighted by Gasteiger charge is 2.16. The number of aliphatic hydroxyl groups excluding tert-OH is 1. The van der Waals surface area contributed by atoms with E-state index in [4.69, 9.17) is 10.1 Å². The van der Waals surface area contributed by atoms with Crippen LogP contribution in [0.2, 0.25) is 0 Å². The molecule has 1 aromatic heterocycles. The first-order chi connectivity index (χ1) is 10.6. The van der Waals surface area contributed by atoms with Crippen molar-refractivity contribution in [3.63, 3.8) is 0 Å². The Morgan fingerprint density at radius 3 is 2.59 bits per heavy atom. The summed E-state index contributed by atoms with van der Waals surface area (Å²) in [6, 6.07) is 2.37. The molecule has 22 heavy (non-hydrogen) atoms. The van der Waals surface area contributed by atoms with Crippen LogP contribution in [-0.4, -0.2) is 40.8 Å². The van der Waals surface area contributed by atoms with Crippen LogP contribution in [0.4, 0.5) is 5.95 Å². The molecule has 124 valence electrons. The van der Waals surface area contributed by atoms with Crippen LogP contribution in [0, 0.1) is 12.8 Å². The molecular weight excluding hydrogens is 276 g/mol. The van der Waals surface area contributed by atoms with E-state index in [0.29, 0.717) is 12.0 Å². The molecule has 1 atom stereocenters. The Labute approximate surface area is 134 Å². The minimum Gasteiger partial charge on any atom is -0.396 e. The van der Waals surface area contributed by atoms with Crippen molar-refractivity contribution in [2.45, 2.75) is 59.0 Å². The Bertz CT molecular complexity index is 458. The van der Waals surface area contributed by atoms with Crippen LogP contribution in [0.15, 0.2) is 6.07 Å². The number of anilines is 1. The van der Waals surface area contributed by atoms with Crippen molar-refractivity contribution in [2.75, 3.05) is 24.6 Å². The number of hydrogen-bond acceptors (Lipinski definition) is 5. The van der Waals surface area contributed by atoms with E-state index >= 15 is 0 Å². The van der Waals surface area contributed by atoms with Crippen LogP contribution in [0.1, 0.15) is 50.9 Å². The minimum absolute atomic E-state index is 0.220. The first-order valence-electron chi connectivity index (χ1n) is 8.54. The summed E-state index contributed by atoms with van der Waals surface area (Å²) in [4.78, 5) is 11.6. The lowest BCUT2D eigenvalue weighted by molar-refractivity contribution is 0.243. The third-order valence-corrected chi connectivity index (χ3v) is 4.32. The first-order valence-corrected chi connectivity index (χ1v) is 8.54. The second kappa shape index (κ2) is 8.44. The van der Waals surface area contributed by atoms with E-state index in [1.807, 2.05) is 6.92 Å². The summed E-state index contributed by atoms with van der Waals surface area (Å²) in [5.74, 6) is 1.37. The second-order valence-electron chi connectivity index (χ2n) is 6.59. The Balaban J connectivity index is 2.02. The lowest BCUT2D eigenvalue weighted by Crippen LogP contribution is -2.35. The molecule has 1 aliphatic heterocycles. The number of aryl methyl sites for hydroxylation is 1. The molecule has 0 spiro atoms. The molecule has 1 aromatic rings. The van der Waals surface area contributed by atoms with Gasteiger partial charge in [-0.3, -0.25) is 0 Å². The highest BCUT2D eigenvalue weighted by atomic mass is 16.3. The standard InChI is InChI=1S/C17H30N4O/c1-13(2)16(7-10-22)18-12-15-11-14(3)19-17(20-15)21-8-5-4-6-9-21/h11,13,16,18,22H,4-10,12H2,1-3H3. The summed E-state index contributed by atoms with van der Waals surface area (Å²) in [7, 11) is 0. The molecule has 1 saturated heterocycles. The Kier molecular flexibility index (Phi) is 6.58. The minimum atomic E-state index is 0.220. The molecule has 0 aliphatic carbocycles. The SMILES string of the molecule is Cc1cc(CNC(CCO)C(C)C)nc(N2CCCCC2)n1. The summed E-state index contributed by atoms with van der Waals surface area (Å²) in [5, 5.41) is 12.7. The van der Waals surface area contributed by atoms with Crippen molar-refractivity contribution >= 4 is 5.95 Å². The van der Waals surface area contributed by atoms with Gasteiger partial charge in [-0.05, 0) is 44.6 Å². The summed E-state index contributed by atoms with van der Waals surface area (Å²) in [6.45, 7) is 9.47. The highest BCUT2D eigenvalue weighted by Crippen LogP contribution is 2.17. The number of nitrogens with zero attached hydrogens (tertiary/aromatic N) is 3. The fourth-order valence-electron chi connectivity index (χ4n) is 2.99. The third-order valence-electron chi connectivity index (χ3n) is 4.32. The van der Waals surface area contributed by atoms with Crippen molar-refractivity contribution < 1.29 is 5.11 Å². The van der Waals surface area contributed by atoms with Crippen LogP contribution < -0.4 is 10.2 Å². The highest BCUT2D eigenvalue weighted by molar-refractivity contribution is 5.32. The van der Waals surface area contributed by atoms with E-state index in [2.05, 4.69) is 35.1 Å². The molecule has 0 bridgehead atoms. The van der Waals surface area contributed by atoms with Crippen LogP contribution in [0.25, 0.3) is 0 Å². The molecule has 2 heterocycles. The maximum atomic E-state index is 9.17. The normalized spacial score (nSPS) is 17.0. The predicted molar refractivity (Wildman–Crippen MR) is 90.0 cm³/mol. The Morgan fingerprint density at radius 1 is 1.23 bits per heavy atom. The number of nitrogens with one attached hydrogen (secondary N) is 1. The zero-order chi connectivity index (χ0) is 15.9. The molecule has 1 unspecified atom stereocenters. The van der Waals surface area contributed by atoms with E-state index in [1.54, 1.807) is 0 Å². The summed E-state index contributed by atoms with van der Waals surface area (Å²) in [5.41, 5.74) is 2.06. The van der Waals surface area contributed by atoms with Gasteiger partial charge in [0.25, 0.3) is 0 Å². The molecule has 0 aromatic carbocycles. The molecule has 1 aliphatic rings. The Morgan fingerprint density at radius 2 is 1.95 bits per heavy atom. The number of piperidine rings is 1. The van der Waals surface area contributed by atoms with Gasteiger partial charge in [-0.15, -0.1) is 0 Å². The molecule has 0 amide bonds. The monoisotopic (exact) mass is 306 g/mol. The van der Waals surface area contributed by atoms with Gasteiger partial charge in [0.1, 0.15) is 0 Å². The topological polar surface area (TPSA) is 61.3 Å². The van der Waals surface area contributed by atoms with Crippen LogP contribution in [-0.2, 0) is 6.54 Å². The van der Waals surface area contributed by atoms with Gasteiger partial charge < -0.3 is 15.3 Å². The molecule has 5 heteroatoms. The molecule has 2 rings (SSSR count). The average Bonchev–Trinajstić information content (AvgIpc) is 2.51. The smallest absolute Gasteiger partial charge is 0.225 e. The van der Waals surface area contributed by atoms with Gasteiger partial charge in [-0.2, -0.15) is 0 Å². The van der Waals surface area contributed by atoms with E-state index in [9.17, 15) is 0 Å². The van der Waals surface area contributed by atoms with E-state index in [-0.39, 0.29) is 6.61 Å². The van der Waals surface area contributed by atoms with Gasteiger partial charge in [0.2, 0.25) is 5.95 Å². The van der Waals surface area contributed by atoms with Crippen molar-refractivity contribution in [1.82, 2.24) is 15.3 Å². The number of aliphatic hydroxyl groups is 1. The Hall–Kier alpha value is -1.20. The third kappa shape index (κ3) is 4.92. The average molecular weight is 306 g/mol. The van der Waals surface area contributed by atoms with Gasteiger partial charge in [0.15, 0.2) is 0 Å².